The molecule has 0 saturated heterocycles. The summed E-state index contributed by atoms with van der Waals surface area (Å²) in [6, 6.07) is 6.35. The zero-order valence-electron chi connectivity index (χ0n) is 15.0. The second kappa shape index (κ2) is 5.59. The van der Waals surface area contributed by atoms with Crippen molar-refractivity contribution in [3.8, 4) is 0 Å². The molecule has 0 radical (unpaired) electrons. The number of para-hydroxylation sites is 1. The van der Waals surface area contributed by atoms with Crippen molar-refractivity contribution in [2.45, 2.75) is 69.5 Å². The van der Waals surface area contributed by atoms with Crippen molar-refractivity contribution in [2.75, 3.05) is 5.32 Å². The van der Waals surface area contributed by atoms with Gasteiger partial charge in [-0.15, -0.1) is 0 Å². The van der Waals surface area contributed by atoms with Gasteiger partial charge in [0.2, 0.25) is 5.91 Å². The van der Waals surface area contributed by atoms with E-state index in [0.29, 0.717) is 5.92 Å². The van der Waals surface area contributed by atoms with Gasteiger partial charge in [-0.1, -0.05) is 48.0 Å². The van der Waals surface area contributed by atoms with Crippen LogP contribution in [0.25, 0.3) is 0 Å². The number of benzene rings is 1. The maximum Gasteiger partial charge on any atom is 0.230 e. The van der Waals surface area contributed by atoms with Crippen molar-refractivity contribution in [3.05, 3.63) is 29.3 Å². The van der Waals surface area contributed by atoms with Crippen molar-refractivity contribution in [2.24, 2.45) is 17.3 Å². The lowest BCUT2D eigenvalue weighted by Gasteiger charge is -2.59. The average Bonchev–Trinajstić information content (AvgIpc) is 2.46. The van der Waals surface area contributed by atoms with E-state index in [1.54, 1.807) is 0 Å². The molecule has 4 aliphatic rings. The van der Waals surface area contributed by atoms with Crippen molar-refractivity contribution in [1.29, 1.82) is 0 Å². The fourth-order valence-corrected chi connectivity index (χ4v) is 7.46. The maximum atomic E-state index is 13.4. The quantitative estimate of drug-likeness (QED) is 0.650. The molecule has 4 bridgehead atoms. The van der Waals surface area contributed by atoms with Gasteiger partial charge >= 0.3 is 0 Å². The van der Waals surface area contributed by atoms with E-state index in [9.17, 15) is 4.79 Å². The van der Waals surface area contributed by atoms with Crippen LogP contribution in [0.4, 0.5) is 5.69 Å². The van der Waals surface area contributed by atoms with Crippen LogP contribution in [-0.4, -0.2) is 10.2 Å². The Morgan fingerprint density at radius 2 is 1.88 bits per heavy atom. The number of carbonyl (C=O) groups excluding carboxylic acids is 1. The fraction of sp³-hybridized carbons (Fsp3) is 0.667. The fourth-order valence-electron chi connectivity index (χ4n) is 6.00. The van der Waals surface area contributed by atoms with Gasteiger partial charge in [-0.25, -0.2) is 0 Å². The van der Waals surface area contributed by atoms with Crippen LogP contribution in [0.2, 0.25) is 0 Å². The molecule has 4 fully saturated rings. The minimum atomic E-state index is -0.149. The van der Waals surface area contributed by atoms with Gasteiger partial charge in [0.25, 0.3) is 0 Å². The standard InChI is InChI=1S/C21H28BrNO/c1-13(2)17-6-4-5-14(3)18(17)23-19(24)20-8-15-7-16(9-20)11-21(22,10-15)12-20/h4-6,13,15-16H,7-12H2,1-3H3,(H,23,24). The molecule has 1 N–H and O–H groups in total. The number of carbonyl (C=O) groups is 1. The topological polar surface area (TPSA) is 29.1 Å². The molecule has 2 nitrogen and oxygen atoms in total. The lowest BCUT2D eigenvalue weighted by Crippen LogP contribution is -2.57. The molecule has 0 aromatic heterocycles. The smallest absolute Gasteiger partial charge is 0.230 e. The number of rotatable bonds is 3. The van der Waals surface area contributed by atoms with E-state index >= 15 is 0 Å². The molecule has 0 aliphatic heterocycles. The number of aryl methyl sites for hydroxylation is 1. The molecule has 1 amide bonds. The van der Waals surface area contributed by atoms with Gasteiger partial charge in [-0.3, -0.25) is 4.79 Å². The summed E-state index contributed by atoms with van der Waals surface area (Å²) in [6.07, 6.45) is 7.06. The number of alkyl halides is 1. The molecule has 2 unspecified atom stereocenters. The molecule has 4 saturated carbocycles. The van der Waals surface area contributed by atoms with Crippen LogP contribution in [0.1, 0.15) is 69.4 Å². The Morgan fingerprint density at radius 1 is 1.21 bits per heavy atom. The largest absolute Gasteiger partial charge is 0.325 e. The first-order valence-corrected chi connectivity index (χ1v) is 10.2. The van der Waals surface area contributed by atoms with Gasteiger partial charge in [0, 0.05) is 10.0 Å². The van der Waals surface area contributed by atoms with Crippen LogP contribution in [0, 0.1) is 24.2 Å². The molecule has 3 heteroatoms. The first kappa shape index (κ1) is 16.6. The molecular weight excluding hydrogens is 362 g/mol. The Labute approximate surface area is 153 Å². The van der Waals surface area contributed by atoms with E-state index in [1.165, 1.54) is 30.4 Å². The molecule has 4 aliphatic carbocycles. The third kappa shape index (κ3) is 2.64. The molecule has 1 aromatic carbocycles. The predicted molar refractivity (Wildman–Crippen MR) is 103 cm³/mol. The van der Waals surface area contributed by atoms with Crippen molar-refractivity contribution in [1.82, 2.24) is 0 Å². The zero-order valence-corrected chi connectivity index (χ0v) is 16.6. The van der Waals surface area contributed by atoms with Gasteiger partial charge in [-0.05, 0) is 74.3 Å². The summed E-state index contributed by atoms with van der Waals surface area (Å²) < 4.78 is 0.223. The summed E-state index contributed by atoms with van der Waals surface area (Å²) in [6.45, 7) is 6.50. The zero-order chi connectivity index (χ0) is 17.1. The number of hydrogen-bond acceptors (Lipinski definition) is 1. The number of halogens is 1. The van der Waals surface area contributed by atoms with Crippen molar-refractivity contribution < 1.29 is 4.79 Å². The summed E-state index contributed by atoms with van der Waals surface area (Å²) in [7, 11) is 0. The van der Waals surface area contributed by atoms with Gasteiger partial charge in [0.15, 0.2) is 0 Å². The summed E-state index contributed by atoms with van der Waals surface area (Å²) in [4.78, 5) is 13.4. The van der Waals surface area contributed by atoms with Gasteiger partial charge in [0.1, 0.15) is 0 Å². The molecule has 5 rings (SSSR count). The van der Waals surface area contributed by atoms with Gasteiger partial charge < -0.3 is 5.32 Å². The highest BCUT2D eigenvalue weighted by Gasteiger charge is 2.59. The average molecular weight is 390 g/mol. The van der Waals surface area contributed by atoms with Crippen LogP contribution in [-0.2, 0) is 4.79 Å². The van der Waals surface area contributed by atoms with E-state index in [4.69, 9.17) is 0 Å². The molecular formula is C21H28BrNO. The normalized spacial score (nSPS) is 37.0. The molecule has 0 spiro atoms. The third-order valence-electron chi connectivity index (χ3n) is 6.64. The van der Waals surface area contributed by atoms with Crippen molar-refractivity contribution >= 4 is 27.5 Å². The minimum absolute atomic E-state index is 0.149. The summed E-state index contributed by atoms with van der Waals surface area (Å²) in [5, 5.41) is 3.37. The van der Waals surface area contributed by atoms with Crippen LogP contribution in [0.3, 0.4) is 0 Å². The molecule has 24 heavy (non-hydrogen) atoms. The highest BCUT2D eigenvalue weighted by Crippen LogP contribution is 2.64. The van der Waals surface area contributed by atoms with E-state index in [0.717, 1.165) is 36.8 Å². The Morgan fingerprint density at radius 3 is 2.46 bits per heavy atom. The SMILES string of the molecule is Cc1cccc(C(C)C)c1NC(=O)C12CC3CC(CC(Br)(C3)C1)C2. The first-order chi connectivity index (χ1) is 11.3. The summed E-state index contributed by atoms with van der Waals surface area (Å²) in [5.41, 5.74) is 3.33. The van der Waals surface area contributed by atoms with Gasteiger partial charge in [-0.2, -0.15) is 0 Å². The highest BCUT2D eigenvalue weighted by molar-refractivity contribution is 9.10. The highest BCUT2D eigenvalue weighted by atomic mass is 79.9. The van der Waals surface area contributed by atoms with Crippen LogP contribution < -0.4 is 5.32 Å². The Bertz CT molecular complexity index is 666. The maximum absolute atomic E-state index is 13.4. The number of amides is 1. The minimum Gasteiger partial charge on any atom is -0.325 e. The van der Waals surface area contributed by atoms with E-state index in [2.05, 4.69) is 60.2 Å². The third-order valence-corrected chi connectivity index (χ3v) is 7.56. The second-order valence-electron chi connectivity index (χ2n) is 9.04. The lowest BCUT2D eigenvalue weighted by atomic mass is 9.49. The predicted octanol–water partition coefficient (Wildman–Crippen LogP) is 5.79. The van der Waals surface area contributed by atoms with Gasteiger partial charge in [0.05, 0.1) is 5.41 Å². The van der Waals surface area contributed by atoms with E-state index < -0.39 is 0 Å². The molecule has 1 aromatic rings. The van der Waals surface area contributed by atoms with Crippen molar-refractivity contribution in [3.63, 3.8) is 0 Å². The molecule has 2 atom stereocenters. The van der Waals surface area contributed by atoms with Crippen LogP contribution in [0.5, 0.6) is 0 Å². The number of hydrogen-bond donors (Lipinski definition) is 1. The van der Waals surface area contributed by atoms with Crippen LogP contribution >= 0.6 is 15.9 Å². The first-order valence-electron chi connectivity index (χ1n) is 9.40. The summed E-state index contributed by atoms with van der Waals surface area (Å²) >= 11 is 4.02. The van der Waals surface area contributed by atoms with E-state index in [1.807, 2.05) is 0 Å². The molecule has 0 heterocycles. The Kier molecular flexibility index (Phi) is 3.87. The Hall–Kier alpha value is -0.830. The van der Waals surface area contributed by atoms with Crippen LogP contribution in [0.15, 0.2) is 18.2 Å². The summed E-state index contributed by atoms with van der Waals surface area (Å²) in [5.74, 6) is 2.16. The Balaban J connectivity index is 1.64. The lowest BCUT2D eigenvalue weighted by molar-refractivity contribution is -0.138. The second-order valence-corrected chi connectivity index (χ2v) is 10.7. The number of anilines is 1. The van der Waals surface area contributed by atoms with E-state index in [-0.39, 0.29) is 15.6 Å². The molecule has 130 valence electrons. The number of nitrogens with one attached hydrogen (secondary N) is 1. The monoisotopic (exact) mass is 389 g/mol.